The smallest absolute Gasteiger partial charge is 0.243 e. The molecule has 0 saturated heterocycles. The fourth-order valence-electron chi connectivity index (χ4n) is 4.26. The molecule has 3 rings (SSSR count). The van der Waals surface area contributed by atoms with Crippen LogP contribution in [0, 0.1) is 12.7 Å². The first-order valence-corrected chi connectivity index (χ1v) is 11.4. The molecule has 2 amide bonds. The van der Waals surface area contributed by atoms with Gasteiger partial charge in [0.2, 0.25) is 11.8 Å². The maximum Gasteiger partial charge on any atom is 0.243 e. The van der Waals surface area contributed by atoms with Gasteiger partial charge < -0.3 is 10.2 Å². The highest BCUT2D eigenvalue weighted by Gasteiger charge is 2.30. The minimum atomic E-state index is -0.581. The second-order valence-electron chi connectivity index (χ2n) is 8.54. The minimum absolute atomic E-state index is 0.0637. The second-order valence-corrected chi connectivity index (χ2v) is 8.54. The lowest BCUT2D eigenvalue weighted by Gasteiger charge is -2.33. The average molecular weight is 425 g/mol. The Balaban J connectivity index is 1.81. The topological polar surface area (TPSA) is 49.4 Å². The van der Waals surface area contributed by atoms with E-state index in [4.69, 9.17) is 0 Å². The number of amides is 2. The molecule has 0 spiro atoms. The second kappa shape index (κ2) is 11.1. The van der Waals surface area contributed by atoms with Crippen molar-refractivity contribution in [2.24, 2.45) is 0 Å². The van der Waals surface area contributed by atoms with E-state index in [1.165, 1.54) is 12.5 Å². The molecule has 166 valence electrons. The number of aryl methyl sites for hydroxylation is 1. The molecule has 2 aromatic rings. The third-order valence-corrected chi connectivity index (χ3v) is 6.11. The number of hydrogen-bond acceptors (Lipinski definition) is 2. The van der Waals surface area contributed by atoms with Crippen LogP contribution in [-0.4, -0.2) is 28.8 Å². The van der Waals surface area contributed by atoms with E-state index in [0.29, 0.717) is 18.5 Å². The number of rotatable bonds is 8. The van der Waals surface area contributed by atoms with Crippen molar-refractivity contribution in [1.29, 1.82) is 0 Å². The lowest BCUT2D eigenvalue weighted by molar-refractivity contribution is -0.141. The predicted octanol–water partition coefficient (Wildman–Crippen LogP) is 4.93. The van der Waals surface area contributed by atoms with E-state index in [1.807, 2.05) is 38.1 Å². The maximum absolute atomic E-state index is 14.2. The Morgan fingerprint density at radius 3 is 2.39 bits per heavy atom. The molecule has 0 aromatic heterocycles. The van der Waals surface area contributed by atoms with E-state index in [2.05, 4.69) is 5.32 Å². The quantitative estimate of drug-likeness (QED) is 0.653. The molecule has 1 N–H and O–H groups in total. The fourth-order valence-corrected chi connectivity index (χ4v) is 4.26. The number of nitrogens with one attached hydrogen (secondary N) is 1. The van der Waals surface area contributed by atoms with Crippen molar-refractivity contribution in [2.75, 3.05) is 0 Å². The summed E-state index contributed by atoms with van der Waals surface area (Å²) in [6.07, 6.45) is 5.89. The standard InChI is InChI=1S/C26H33FN2O2/c1-3-24(26(31)28-22-10-5-4-6-11-22)29(18-20-15-13-19(2)14-16-20)25(30)17-21-9-7-8-12-23(21)27/h7-9,12-16,22,24H,3-6,10-11,17-18H2,1-2H3,(H,28,31)/t24-/m1/s1. The van der Waals surface area contributed by atoms with Gasteiger partial charge in [0.05, 0.1) is 6.42 Å². The zero-order valence-electron chi connectivity index (χ0n) is 18.6. The maximum atomic E-state index is 14.2. The monoisotopic (exact) mass is 424 g/mol. The Kier molecular flexibility index (Phi) is 8.21. The number of halogens is 1. The molecule has 0 bridgehead atoms. The number of carbonyl (C=O) groups excluding carboxylic acids is 2. The van der Waals surface area contributed by atoms with Gasteiger partial charge in [-0.15, -0.1) is 0 Å². The predicted molar refractivity (Wildman–Crippen MR) is 121 cm³/mol. The van der Waals surface area contributed by atoms with Gasteiger partial charge in [0.25, 0.3) is 0 Å². The van der Waals surface area contributed by atoms with Gasteiger partial charge in [-0.1, -0.05) is 74.2 Å². The Bertz CT molecular complexity index is 875. The molecule has 2 aromatic carbocycles. The first-order chi connectivity index (χ1) is 15.0. The molecule has 1 fully saturated rings. The van der Waals surface area contributed by atoms with Crippen LogP contribution in [0.1, 0.15) is 62.1 Å². The van der Waals surface area contributed by atoms with Crippen molar-refractivity contribution in [1.82, 2.24) is 10.2 Å². The van der Waals surface area contributed by atoms with Gasteiger partial charge in [-0.25, -0.2) is 4.39 Å². The number of nitrogens with zero attached hydrogens (tertiary/aromatic N) is 1. The molecule has 1 saturated carbocycles. The molecule has 0 aliphatic heterocycles. The lowest BCUT2D eigenvalue weighted by atomic mass is 9.95. The highest BCUT2D eigenvalue weighted by molar-refractivity contribution is 5.88. The van der Waals surface area contributed by atoms with Crippen LogP contribution in [0.15, 0.2) is 48.5 Å². The van der Waals surface area contributed by atoms with E-state index in [0.717, 1.165) is 36.8 Å². The molecule has 1 atom stereocenters. The molecule has 1 aliphatic carbocycles. The molecular weight excluding hydrogens is 391 g/mol. The molecule has 31 heavy (non-hydrogen) atoms. The van der Waals surface area contributed by atoms with Gasteiger partial charge in [-0.05, 0) is 43.4 Å². The third-order valence-electron chi connectivity index (χ3n) is 6.11. The zero-order chi connectivity index (χ0) is 22.2. The first-order valence-electron chi connectivity index (χ1n) is 11.4. The zero-order valence-corrected chi connectivity index (χ0v) is 18.6. The van der Waals surface area contributed by atoms with E-state index < -0.39 is 11.9 Å². The van der Waals surface area contributed by atoms with E-state index in [1.54, 1.807) is 23.1 Å². The Morgan fingerprint density at radius 1 is 1.06 bits per heavy atom. The van der Waals surface area contributed by atoms with Crippen LogP contribution in [0.25, 0.3) is 0 Å². The Morgan fingerprint density at radius 2 is 1.74 bits per heavy atom. The van der Waals surface area contributed by atoms with Crippen molar-refractivity contribution in [2.45, 2.75) is 77.4 Å². The normalized spacial score (nSPS) is 15.3. The Labute approximate surface area is 184 Å². The van der Waals surface area contributed by atoms with Crippen LogP contribution in [0.2, 0.25) is 0 Å². The SMILES string of the molecule is CC[C@H](C(=O)NC1CCCCC1)N(Cc1ccc(C)cc1)C(=O)Cc1ccccc1F. The van der Waals surface area contributed by atoms with Gasteiger partial charge in [-0.2, -0.15) is 0 Å². The van der Waals surface area contributed by atoms with Gasteiger partial charge in [-0.3, -0.25) is 9.59 Å². The minimum Gasteiger partial charge on any atom is -0.352 e. The van der Waals surface area contributed by atoms with Gasteiger partial charge >= 0.3 is 0 Å². The van der Waals surface area contributed by atoms with Crippen LogP contribution >= 0.6 is 0 Å². The van der Waals surface area contributed by atoms with Crippen molar-refractivity contribution < 1.29 is 14.0 Å². The van der Waals surface area contributed by atoms with Gasteiger partial charge in [0, 0.05) is 12.6 Å². The molecule has 0 radical (unpaired) electrons. The summed E-state index contributed by atoms with van der Waals surface area (Å²) in [6, 6.07) is 13.9. The molecule has 0 unspecified atom stereocenters. The summed E-state index contributed by atoms with van der Waals surface area (Å²) in [5.74, 6) is -0.745. The number of benzene rings is 2. The summed E-state index contributed by atoms with van der Waals surface area (Å²) < 4.78 is 14.2. The van der Waals surface area contributed by atoms with Crippen LogP contribution in [-0.2, 0) is 22.6 Å². The van der Waals surface area contributed by atoms with Crippen molar-refractivity contribution >= 4 is 11.8 Å². The number of carbonyl (C=O) groups is 2. The van der Waals surface area contributed by atoms with Crippen LogP contribution < -0.4 is 5.32 Å². The van der Waals surface area contributed by atoms with Crippen molar-refractivity contribution in [3.63, 3.8) is 0 Å². The summed E-state index contributed by atoms with van der Waals surface area (Å²) in [4.78, 5) is 28.1. The first kappa shape index (κ1) is 23.0. The summed E-state index contributed by atoms with van der Waals surface area (Å²) in [7, 11) is 0. The summed E-state index contributed by atoms with van der Waals surface area (Å²) in [6.45, 7) is 4.26. The molecule has 5 heteroatoms. The molecule has 0 heterocycles. The van der Waals surface area contributed by atoms with Crippen LogP contribution in [0.3, 0.4) is 0 Å². The third kappa shape index (κ3) is 6.39. The molecule has 4 nitrogen and oxygen atoms in total. The summed E-state index contributed by atoms with van der Waals surface area (Å²) >= 11 is 0. The van der Waals surface area contributed by atoms with Crippen LogP contribution in [0.5, 0.6) is 0 Å². The van der Waals surface area contributed by atoms with Crippen LogP contribution in [0.4, 0.5) is 4.39 Å². The van der Waals surface area contributed by atoms with E-state index in [9.17, 15) is 14.0 Å². The highest BCUT2D eigenvalue weighted by atomic mass is 19.1. The summed E-state index contributed by atoms with van der Waals surface area (Å²) in [5, 5.41) is 3.17. The number of hydrogen-bond donors (Lipinski definition) is 1. The largest absolute Gasteiger partial charge is 0.352 e. The van der Waals surface area contributed by atoms with E-state index in [-0.39, 0.29) is 24.3 Å². The lowest BCUT2D eigenvalue weighted by Crippen LogP contribution is -2.52. The molecule has 1 aliphatic rings. The fraction of sp³-hybridized carbons (Fsp3) is 0.462. The molecular formula is C26H33FN2O2. The summed E-state index contributed by atoms with van der Waals surface area (Å²) in [5.41, 5.74) is 2.44. The van der Waals surface area contributed by atoms with E-state index >= 15 is 0 Å². The average Bonchev–Trinajstić information content (AvgIpc) is 2.77. The van der Waals surface area contributed by atoms with Gasteiger partial charge in [0.15, 0.2) is 0 Å². The highest BCUT2D eigenvalue weighted by Crippen LogP contribution is 2.20. The Hall–Kier alpha value is -2.69. The van der Waals surface area contributed by atoms with Crippen molar-refractivity contribution in [3.8, 4) is 0 Å². The van der Waals surface area contributed by atoms with Gasteiger partial charge in [0.1, 0.15) is 11.9 Å². The van der Waals surface area contributed by atoms with Crippen molar-refractivity contribution in [3.05, 3.63) is 71.0 Å².